The molecule has 0 amide bonds. The van der Waals surface area contributed by atoms with E-state index >= 15 is 0 Å². The number of hydrogen-bond acceptors (Lipinski definition) is 1. The van der Waals surface area contributed by atoms with Crippen molar-refractivity contribution in [3.8, 4) is 11.1 Å². The van der Waals surface area contributed by atoms with Crippen molar-refractivity contribution in [3.05, 3.63) is 54.1 Å². The first-order valence-electron chi connectivity index (χ1n) is 6.09. The Morgan fingerprint density at radius 1 is 0.882 bits per heavy atom. The highest BCUT2D eigenvalue weighted by atomic mass is 14.9. The molecule has 0 saturated carbocycles. The van der Waals surface area contributed by atoms with E-state index in [-0.39, 0.29) is 0 Å². The molecule has 1 N–H and O–H groups in total. The van der Waals surface area contributed by atoms with Crippen LogP contribution in [0.25, 0.3) is 11.1 Å². The average molecular weight is 225 g/mol. The fourth-order valence-electron chi connectivity index (χ4n) is 1.95. The van der Waals surface area contributed by atoms with Crippen molar-refractivity contribution in [1.82, 2.24) is 0 Å². The van der Waals surface area contributed by atoms with E-state index in [1.165, 1.54) is 22.4 Å². The van der Waals surface area contributed by atoms with Gasteiger partial charge in [0.05, 0.1) is 0 Å². The molecule has 2 aromatic rings. The van der Waals surface area contributed by atoms with E-state index in [0.717, 1.165) is 0 Å². The molecular formula is C16H19N. The molecule has 0 spiro atoms. The van der Waals surface area contributed by atoms with Crippen LogP contribution in [0, 0.1) is 6.92 Å². The lowest BCUT2D eigenvalue weighted by Gasteiger charge is -2.14. The Hall–Kier alpha value is -1.76. The maximum Gasteiger partial charge on any atom is 0.0372 e. The van der Waals surface area contributed by atoms with Crippen LogP contribution in [0.15, 0.2) is 48.5 Å². The van der Waals surface area contributed by atoms with Crippen molar-refractivity contribution in [2.45, 2.75) is 26.8 Å². The average Bonchev–Trinajstić information content (AvgIpc) is 2.32. The number of anilines is 1. The van der Waals surface area contributed by atoms with E-state index in [0.29, 0.717) is 6.04 Å². The Morgan fingerprint density at radius 2 is 1.59 bits per heavy atom. The minimum Gasteiger partial charge on any atom is -0.383 e. The lowest BCUT2D eigenvalue weighted by atomic mass is 10.0. The molecule has 0 fully saturated rings. The summed E-state index contributed by atoms with van der Waals surface area (Å²) in [4.78, 5) is 0. The molecule has 0 saturated heterocycles. The van der Waals surface area contributed by atoms with Crippen molar-refractivity contribution in [2.75, 3.05) is 5.32 Å². The fourth-order valence-corrected chi connectivity index (χ4v) is 1.95. The molecule has 0 aromatic heterocycles. The van der Waals surface area contributed by atoms with Gasteiger partial charge in [-0.3, -0.25) is 0 Å². The first-order valence-corrected chi connectivity index (χ1v) is 6.09. The van der Waals surface area contributed by atoms with Crippen LogP contribution in [0.5, 0.6) is 0 Å². The summed E-state index contributed by atoms with van der Waals surface area (Å²) in [6.07, 6.45) is 0. The summed E-state index contributed by atoms with van der Waals surface area (Å²) >= 11 is 0. The molecule has 0 aliphatic carbocycles. The van der Waals surface area contributed by atoms with Crippen LogP contribution >= 0.6 is 0 Å². The summed E-state index contributed by atoms with van der Waals surface area (Å²) in [5, 5.41) is 3.45. The van der Waals surface area contributed by atoms with Crippen molar-refractivity contribution in [1.29, 1.82) is 0 Å². The molecule has 1 nitrogen and oxygen atoms in total. The van der Waals surface area contributed by atoms with Crippen LogP contribution in [-0.2, 0) is 0 Å². The van der Waals surface area contributed by atoms with Gasteiger partial charge in [0.2, 0.25) is 0 Å². The summed E-state index contributed by atoms with van der Waals surface area (Å²) in [6.45, 7) is 6.46. The van der Waals surface area contributed by atoms with E-state index in [1.807, 2.05) is 6.07 Å². The molecule has 2 rings (SSSR count). The van der Waals surface area contributed by atoms with Gasteiger partial charge in [0.1, 0.15) is 0 Å². The van der Waals surface area contributed by atoms with Crippen LogP contribution in [0.2, 0.25) is 0 Å². The Balaban J connectivity index is 2.31. The highest BCUT2D eigenvalue weighted by molar-refractivity contribution is 5.68. The number of benzene rings is 2. The highest BCUT2D eigenvalue weighted by Crippen LogP contribution is 2.24. The van der Waals surface area contributed by atoms with E-state index in [2.05, 4.69) is 68.6 Å². The number of aryl methyl sites for hydroxylation is 1. The molecule has 0 atom stereocenters. The van der Waals surface area contributed by atoms with Gasteiger partial charge in [-0.25, -0.2) is 0 Å². The lowest BCUT2D eigenvalue weighted by molar-refractivity contribution is 0.897. The molecular weight excluding hydrogens is 206 g/mol. The predicted octanol–water partition coefficient (Wildman–Crippen LogP) is 4.48. The van der Waals surface area contributed by atoms with Gasteiger partial charge >= 0.3 is 0 Å². The standard InChI is InChI=1S/C16H19N/c1-12(2)17-16-10-9-15(11-13(16)3)14-7-5-4-6-8-14/h4-12,17H,1-3H3. The quantitative estimate of drug-likeness (QED) is 0.812. The molecule has 88 valence electrons. The zero-order valence-corrected chi connectivity index (χ0v) is 10.7. The molecule has 2 aromatic carbocycles. The molecule has 17 heavy (non-hydrogen) atoms. The second-order valence-corrected chi connectivity index (χ2v) is 4.69. The van der Waals surface area contributed by atoms with E-state index in [1.54, 1.807) is 0 Å². The topological polar surface area (TPSA) is 12.0 Å². The Kier molecular flexibility index (Phi) is 3.48. The van der Waals surface area contributed by atoms with Gasteiger partial charge in [0.15, 0.2) is 0 Å². The van der Waals surface area contributed by atoms with Gasteiger partial charge < -0.3 is 5.32 Å². The summed E-state index contributed by atoms with van der Waals surface area (Å²) in [5.74, 6) is 0. The van der Waals surface area contributed by atoms with Gasteiger partial charge in [-0.05, 0) is 49.6 Å². The molecule has 0 radical (unpaired) electrons. The Bertz CT molecular complexity index is 486. The minimum atomic E-state index is 0.469. The molecule has 0 aliphatic rings. The smallest absolute Gasteiger partial charge is 0.0372 e. The zero-order chi connectivity index (χ0) is 12.3. The van der Waals surface area contributed by atoms with E-state index < -0.39 is 0 Å². The third kappa shape index (κ3) is 2.88. The third-order valence-corrected chi connectivity index (χ3v) is 2.78. The Morgan fingerprint density at radius 3 is 2.18 bits per heavy atom. The van der Waals surface area contributed by atoms with Crippen molar-refractivity contribution >= 4 is 5.69 Å². The van der Waals surface area contributed by atoms with Gasteiger partial charge in [0, 0.05) is 11.7 Å². The van der Waals surface area contributed by atoms with Gasteiger partial charge in [-0.15, -0.1) is 0 Å². The van der Waals surface area contributed by atoms with E-state index in [4.69, 9.17) is 0 Å². The largest absolute Gasteiger partial charge is 0.383 e. The van der Waals surface area contributed by atoms with Crippen LogP contribution in [0.1, 0.15) is 19.4 Å². The summed E-state index contributed by atoms with van der Waals surface area (Å²) in [6, 6.07) is 17.5. The molecule has 0 heterocycles. The normalized spacial score (nSPS) is 10.6. The first kappa shape index (κ1) is 11.7. The van der Waals surface area contributed by atoms with Gasteiger partial charge in [0.25, 0.3) is 0 Å². The molecule has 0 unspecified atom stereocenters. The lowest BCUT2D eigenvalue weighted by Crippen LogP contribution is -2.10. The van der Waals surface area contributed by atoms with Crippen LogP contribution in [-0.4, -0.2) is 6.04 Å². The summed E-state index contributed by atoms with van der Waals surface area (Å²) < 4.78 is 0. The number of rotatable bonds is 3. The summed E-state index contributed by atoms with van der Waals surface area (Å²) in [7, 11) is 0. The minimum absolute atomic E-state index is 0.469. The third-order valence-electron chi connectivity index (χ3n) is 2.78. The van der Waals surface area contributed by atoms with Gasteiger partial charge in [-0.2, -0.15) is 0 Å². The van der Waals surface area contributed by atoms with Gasteiger partial charge in [-0.1, -0.05) is 36.4 Å². The first-order chi connectivity index (χ1) is 8.16. The predicted molar refractivity (Wildman–Crippen MR) is 75.4 cm³/mol. The molecule has 0 bridgehead atoms. The Labute approximate surface area is 103 Å². The zero-order valence-electron chi connectivity index (χ0n) is 10.7. The molecule has 1 heteroatoms. The summed E-state index contributed by atoms with van der Waals surface area (Å²) in [5.41, 5.74) is 5.06. The van der Waals surface area contributed by atoms with Crippen LogP contribution < -0.4 is 5.32 Å². The number of hydrogen-bond donors (Lipinski definition) is 1. The second-order valence-electron chi connectivity index (χ2n) is 4.69. The molecule has 0 aliphatic heterocycles. The van der Waals surface area contributed by atoms with Crippen molar-refractivity contribution in [2.24, 2.45) is 0 Å². The fraction of sp³-hybridized carbons (Fsp3) is 0.250. The SMILES string of the molecule is Cc1cc(-c2ccccc2)ccc1NC(C)C. The number of nitrogens with one attached hydrogen (secondary N) is 1. The van der Waals surface area contributed by atoms with E-state index in [9.17, 15) is 0 Å². The highest BCUT2D eigenvalue weighted by Gasteiger charge is 2.02. The van der Waals surface area contributed by atoms with Crippen molar-refractivity contribution < 1.29 is 0 Å². The monoisotopic (exact) mass is 225 g/mol. The maximum absolute atomic E-state index is 3.45. The maximum atomic E-state index is 3.45. The van der Waals surface area contributed by atoms with Crippen LogP contribution in [0.4, 0.5) is 5.69 Å². The van der Waals surface area contributed by atoms with Crippen molar-refractivity contribution in [3.63, 3.8) is 0 Å². The van der Waals surface area contributed by atoms with Crippen LogP contribution in [0.3, 0.4) is 0 Å². The second kappa shape index (κ2) is 5.05.